The molecule has 0 atom stereocenters. The van der Waals surface area contributed by atoms with Crippen molar-refractivity contribution in [2.24, 2.45) is 0 Å². The summed E-state index contributed by atoms with van der Waals surface area (Å²) in [6.07, 6.45) is 1.62. The van der Waals surface area contributed by atoms with Gasteiger partial charge in [-0.25, -0.2) is 4.39 Å². The maximum Gasteiger partial charge on any atom is 0.233 e. The smallest absolute Gasteiger partial charge is 0.233 e. The minimum Gasteiger partial charge on any atom is -0.345 e. The number of hydrogen-bond donors (Lipinski definition) is 1. The van der Waals surface area contributed by atoms with Gasteiger partial charge in [0.2, 0.25) is 11.8 Å². The van der Waals surface area contributed by atoms with Gasteiger partial charge in [0.05, 0.1) is 5.69 Å². The van der Waals surface area contributed by atoms with Gasteiger partial charge in [0.15, 0.2) is 0 Å². The lowest BCUT2D eigenvalue weighted by Crippen LogP contribution is -2.31. The summed E-state index contributed by atoms with van der Waals surface area (Å²) in [7, 11) is 1.66. The van der Waals surface area contributed by atoms with Gasteiger partial charge in [0.25, 0.3) is 0 Å². The van der Waals surface area contributed by atoms with E-state index in [9.17, 15) is 14.0 Å². The quantitative estimate of drug-likeness (QED) is 0.804. The zero-order valence-corrected chi connectivity index (χ0v) is 11.3. The van der Waals surface area contributed by atoms with Crippen LogP contribution < -0.4 is 5.32 Å². The fraction of sp³-hybridized carbons (Fsp3) is 0.429. The van der Waals surface area contributed by atoms with Crippen molar-refractivity contribution in [1.82, 2.24) is 4.90 Å². The summed E-state index contributed by atoms with van der Waals surface area (Å²) < 4.78 is 13.3. The number of amides is 2. The molecule has 0 aliphatic heterocycles. The molecular weight excluding hydrogens is 247 g/mol. The molecule has 0 bridgehead atoms. The first kappa shape index (κ1) is 15.1. The van der Waals surface area contributed by atoms with Crippen LogP contribution in [0.15, 0.2) is 24.3 Å². The molecule has 1 rings (SSSR count). The van der Waals surface area contributed by atoms with Crippen molar-refractivity contribution in [3.63, 3.8) is 0 Å². The highest BCUT2D eigenvalue weighted by Crippen LogP contribution is 2.12. The Hall–Kier alpha value is -1.91. The predicted molar refractivity (Wildman–Crippen MR) is 72.2 cm³/mol. The van der Waals surface area contributed by atoms with E-state index in [-0.39, 0.29) is 18.0 Å². The Morgan fingerprint density at radius 3 is 2.63 bits per heavy atom. The molecule has 1 aromatic rings. The molecule has 5 heteroatoms. The van der Waals surface area contributed by atoms with Gasteiger partial charge in [-0.05, 0) is 18.6 Å². The number of benzene rings is 1. The van der Waals surface area contributed by atoms with Crippen LogP contribution >= 0.6 is 0 Å². The molecule has 0 radical (unpaired) electrons. The van der Waals surface area contributed by atoms with Crippen molar-refractivity contribution < 1.29 is 14.0 Å². The number of halogens is 1. The monoisotopic (exact) mass is 266 g/mol. The van der Waals surface area contributed by atoms with Gasteiger partial charge < -0.3 is 10.2 Å². The molecule has 0 fully saturated rings. The van der Waals surface area contributed by atoms with Gasteiger partial charge in [-0.2, -0.15) is 0 Å². The number of nitrogens with zero attached hydrogens (tertiary/aromatic N) is 1. The fourth-order valence-electron chi connectivity index (χ4n) is 1.55. The first-order valence-corrected chi connectivity index (χ1v) is 6.33. The van der Waals surface area contributed by atoms with Crippen molar-refractivity contribution in [2.75, 3.05) is 18.9 Å². The minimum absolute atomic E-state index is 0.0940. The Kier molecular flexibility index (Phi) is 5.99. The van der Waals surface area contributed by atoms with E-state index in [0.717, 1.165) is 12.8 Å². The van der Waals surface area contributed by atoms with E-state index in [1.54, 1.807) is 13.1 Å². The third-order valence-corrected chi connectivity index (χ3v) is 2.73. The lowest BCUT2D eigenvalue weighted by atomic mass is 10.2. The zero-order chi connectivity index (χ0) is 14.3. The second-order valence-electron chi connectivity index (χ2n) is 4.37. The molecule has 0 aromatic heterocycles. The van der Waals surface area contributed by atoms with Crippen LogP contribution in [0.25, 0.3) is 0 Å². The summed E-state index contributed by atoms with van der Waals surface area (Å²) in [6, 6.07) is 5.87. The largest absolute Gasteiger partial charge is 0.345 e. The van der Waals surface area contributed by atoms with Crippen LogP contribution in [0.5, 0.6) is 0 Å². The fourth-order valence-corrected chi connectivity index (χ4v) is 1.55. The molecule has 0 spiro atoms. The molecule has 4 nitrogen and oxygen atoms in total. The van der Waals surface area contributed by atoms with E-state index >= 15 is 0 Å². The summed E-state index contributed by atoms with van der Waals surface area (Å²) in [6.45, 7) is 2.66. The average Bonchev–Trinajstić information content (AvgIpc) is 2.38. The standard InChI is InChI=1S/C14H19FN2O2/c1-3-4-9-17(2)14(19)10-13(18)16-12-8-6-5-7-11(12)15/h5-8H,3-4,9-10H2,1-2H3,(H,16,18). The van der Waals surface area contributed by atoms with Crippen molar-refractivity contribution >= 4 is 17.5 Å². The van der Waals surface area contributed by atoms with E-state index in [0.29, 0.717) is 6.54 Å². The highest BCUT2D eigenvalue weighted by Gasteiger charge is 2.14. The Bertz CT molecular complexity index is 449. The molecule has 2 amide bonds. The molecule has 0 saturated carbocycles. The van der Waals surface area contributed by atoms with Crippen LogP contribution in [0.2, 0.25) is 0 Å². The number of carbonyl (C=O) groups excluding carboxylic acids is 2. The van der Waals surface area contributed by atoms with E-state index < -0.39 is 11.7 Å². The number of nitrogens with one attached hydrogen (secondary N) is 1. The number of unbranched alkanes of at least 4 members (excludes halogenated alkanes) is 1. The maximum atomic E-state index is 13.3. The van der Waals surface area contributed by atoms with Gasteiger partial charge in [-0.15, -0.1) is 0 Å². The molecule has 0 aliphatic carbocycles. The first-order valence-electron chi connectivity index (χ1n) is 6.33. The Labute approximate surface area is 112 Å². The van der Waals surface area contributed by atoms with E-state index in [2.05, 4.69) is 5.32 Å². The van der Waals surface area contributed by atoms with E-state index in [1.807, 2.05) is 6.92 Å². The SMILES string of the molecule is CCCCN(C)C(=O)CC(=O)Nc1ccccc1F. The van der Waals surface area contributed by atoms with Crippen LogP contribution in [-0.4, -0.2) is 30.3 Å². The van der Waals surface area contributed by atoms with Crippen LogP contribution in [0.1, 0.15) is 26.2 Å². The molecule has 0 aliphatic rings. The first-order chi connectivity index (χ1) is 9.04. The van der Waals surface area contributed by atoms with Crippen LogP contribution in [-0.2, 0) is 9.59 Å². The van der Waals surface area contributed by atoms with Crippen molar-refractivity contribution in [2.45, 2.75) is 26.2 Å². The Morgan fingerprint density at radius 2 is 2.00 bits per heavy atom. The summed E-state index contributed by atoms with van der Waals surface area (Å²) in [5, 5.41) is 2.39. The summed E-state index contributed by atoms with van der Waals surface area (Å²) in [4.78, 5) is 24.9. The molecule has 104 valence electrons. The lowest BCUT2D eigenvalue weighted by molar-refractivity contribution is -0.133. The molecule has 1 N–H and O–H groups in total. The highest BCUT2D eigenvalue weighted by atomic mass is 19.1. The zero-order valence-electron chi connectivity index (χ0n) is 11.3. The predicted octanol–water partition coefficient (Wildman–Crippen LogP) is 2.41. The van der Waals surface area contributed by atoms with Gasteiger partial charge in [0, 0.05) is 13.6 Å². The minimum atomic E-state index is -0.511. The van der Waals surface area contributed by atoms with Crippen molar-refractivity contribution in [1.29, 1.82) is 0 Å². The van der Waals surface area contributed by atoms with Crippen LogP contribution in [0, 0.1) is 5.82 Å². The third kappa shape index (κ3) is 5.07. The Balaban J connectivity index is 2.47. The lowest BCUT2D eigenvalue weighted by Gasteiger charge is -2.16. The van der Waals surface area contributed by atoms with Crippen LogP contribution in [0.3, 0.4) is 0 Å². The number of anilines is 1. The second kappa shape index (κ2) is 7.51. The van der Waals surface area contributed by atoms with Crippen molar-refractivity contribution in [3.8, 4) is 0 Å². The highest BCUT2D eigenvalue weighted by molar-refractivity contribution is 6.03. The molecule has 1 aromatic carbocycles. The van der Waals surface area contributed by atoms with Crippen molar-refractivity contribution in [3.05, 3.63) is 30.1 Å². The number of rotatable bonds is 6. The third-order valence-electron chi connectivity index (χ3n) is 2.73. The van der Waals surface area contributed by atoms with Gasteiger partial charge in [-0.3, -0.25) is 9.59 Å². The van der Waals surface area contributed by atoms with E-state index in [1.165, 1.54) is 23.1 Å². The maximum absolute atomic E-state index is 13.3. The Morgan fingerprint density at radius 1 is 1.32 bits per heavy atom. The number of hydrogen-bond acceptors (Lipinski definition) is 2. The second-order valence-corrected chi connectivity index (χ2v) is 4.37. The summed E-state index contributed by atoms with van der Waals surface area (Å²) >= 11 is 0. The van der Waals surface area contributed by atoms with Gasteiger partial charge >= 0.3 is 0 Å². The molecule has 0 heterocycles. The number of para-hydroxylation sites is 1. The molecule has 19 heavy (non-hydrogen) atoms. The summed E-state index contributed by atoms with van der Waals surface area (Å²) in [5.41, 5.74) is 0.0940. The average molecular weight is 266 g/mol. The van der Waals surface area contributed by atoms with Gasteiger partial charge in [0.1, 0.15) is 12.2 Å². The topological polar surface area (TPSA) is 49.4 Å². The molecular formula is C14H19FN2O2. The number of carbonyl (C=O) groups is 2. The van der Waals surface area contributed by atoms with Crippen LogP contribution in [0.4, 0.5) is 10.1 Å². The summed E-state index contributed by atoms with van der Waals surface area (Å²) in [5.74, 6) is -1.27. The normalized spacial score (nSPS) is 10.1. The molecule has 0 saturated heterocycles. The van der Waals surface area contributed by atoms with Gasteiger partial charge in [-0.1, -0.05) is 25.5 Å². The van der Waals surface area contributed by atoms with E-state index in [4.69, 9.17) is 0 Å². The molecule has 0 unspecified atom stereocenters.